The van der Waals surface area contributed by atoms with Crippen LogP contribution in [-0.4, -0.2) is 63.2 Å². The van der Waals surface area contributed by atoms with E-state index in [-0.39, 0.29) is 30.9 Å². The third-order valence-corrected chi connectivity index (χ3v) is 8.53. The van der Waals surface area contributed by atoms with Crippen molar-refractivity contribution >= 4 is 17.9 Å². The number of fused-ring (bicyclic) bond motifs is 2. The van der Waals surface area contributed by atoms with Crippen LogP contribution in [0.25, 0.3) is 0 Å². The maximum Gasteiger partial charge on any atom is 0.226 e. The molecule has 0 saturated carbocycles. The number of unbranched alkanes of at least 4 members (excludes halogenated alkanes) is 3. The molecule has 0 N–H and O–H groups in total. The summed E-state index contributed by atoms with van der Waals surface area (Å²) in [6.07, 6.45) is 3.71. The molecule has 2 fully saturated rings. The third-order valence-electron chi connectivity index (χ3n) is 8.16. The Morgan fingerprint density at radius 3 is 2.18 bits per heavy atom. The SMILES string of the molecule is CCCCO[C@@H]1[C@@H](OCCCC)[C@@]2(c3ccc(Cl)c(Cc4ccc(OCC)c(F)c4F)c3)OC[C@](C=O)(O2)[C@H]1OCCCC. The smallest absolute Gasteiger partial charge is 0.226 e. The summed E-state index contributed by atoms with van der Waals surface area (Å²) in [6, 6.07) is 8.05. The van der Waals surface area contributed by atoms with Crippen molar-refractivity contribution in [2.45, 2.75) is 102 Å². The number of halogens is 3. The van der Waals surface area contributed by atoms with Crippen molar-refractivity contribution in [2.75, 3.05) is 33.0 Å². The number of hydrogen-bond donors (Lipinski definition) is 0. The van der Waals surface area contributed by atoms with Gasteiger partial charge in [-0.15, -0.1) is 0 Å². The van der Waals surface area contributed by atoms with E-state index < -0.39 is 41.3 Å². The standard InChI is InChI=1S/C34H45ClF2O7/c1-5-9-16-40-30-31(41-17-10-6-2)33(21-38)22-43-34(44-33,32(30)42-18-11-7-3)25-13-14-26(35)24(20-25)19-23-12-15-27(39-8-4)29(37)28(23)36/h12-15,20-21,30-32H,5-11,16-19,22H2,1-4H3/t30-,31-,32+,33-,34-/m0/s1. The Morgan fingerprint density at radius 1 is 0.886 bits per heavy atom. The fraction of sp³-hybridized carbons (Fsp3) is 0.618. The molecule has 2 aliphatic rings. The maximum absolute atomic E-state index is 15.1. The number of carbonyl (C=O) groups excluding carboxylic acids is 1. The summed E-state index contributed by atoms with van der Waals surface area (Å²) in [5.74, 6) is -3.73. The number of carbonyl (C=O) groups is 1. The van der Waals surface area contributed by atoms with Gasteiger partial charge in [-0.25, -0.2) is 4.39 Å². The van der Waals surface area contributed by atoms with Crippen molar-refractivity contribution in [3.63, 3.8) is 0 Å². The Kier molecular flexibility index (Phi) is 12.6. The highest BCUT2D eigenvalue weighted by atomic mass is 35.5. The molecule has 5 atom stereocenters. The van der Waals surface area contributed by atoms with Crippen LogP contribution in [0.5, 0.6) is 5.75 Å². The van der Waals surface area contributed by atoms with Crippen LogP contribution in [-0.2, 0) is 40.7 Å². The molecule has 4 rings (SSSR count). The highest BCUT2D eigenvalue weighted by Gasteiger charge is 2.69. The van der Waals surface area contributed by atoms with Gasteiger partial charge in [0.2, 0.25) is 11.6 Å². The number of aldehydes is 1. The molecule has 2 aromatic carbocycles. The van der Waals surface area contributed by atoms with Gasteiger partial charge >= 0.3 is 0 Å². The second-order valence-corrected chi connectivity index (χ2v) is 11.8. The molecule has 0 aliphatic carbocycles. The summed E-state index contributed by atoms with van der Waals surface area (Å²) < 4.78 is 67.4. The number of ether oxygens (including phenoxy) is 6. The van der Waals surface area contributed by atoms with Gasteiger partial charge in [-0.2, -0.15) is 4.39 Å². The van der Waals surface area contributed by atoms with Gasteiger partial charge in [0.05, 0.1) is 13.2 Å². The predicted octanol–water partition coefficient (Wildman–Crippen LogP) is 7.31. The Balaban J connectivity index is 1.77. The second-order valence-electron chi connectivity index (χ2n) is 11.4. The highest BCUT2D eigenvalue weighted by molar-refractivity contribution is 6.31. The molecule has 0 amide bonds. The molecule has 0 radical (unpaired) electrons. The van der Waals surface area contributed by atoms with E-state index in [4.69, 9.17) is 40.0 Å². The minimum Gasteiger partial charge on any atom is -0.491 e. The molecular formula is C34H45ClF2O7. The van der Waals surface area contributed by atoms with Crippen molar-refractivity contribution < 1.29 is 42.0 Å². The summed E-state index contributed by atoms with van der Waals surface area (Å²) in [5, 5.41) is 0.356. The van der Waals surface area contributed by atoms with Crippen molar-refractivity contribution in [3.05, 3.63) is 63.7 Å². The first-order valence-electron chi connectivity index (χ1n) is 15.8. The first-order chi connectivity index (χ1) is 21.3. The quantitative estimate of drug-likeness (QED) is 0.125. The van der Waals surface area contributed by atoms with E-state index in [2.05, 4.69) is 20.8 Å². The van der Waals surface area contributed by atoms with Crippen LogP contribution in [0, 0.1) is 11.6 Å². The lowest BCUT2D eigenvalue weighted by molar-refractivity contribution is -0.337. The zero-order valence-corrected chi connectivity index (χ0v) is 26.9. The fourth-order valence-corrected chi connectivity index (χ4v) is 5.91. The van der Waals surface area contributed by atoms with E-state index in [1.165, 1.54) is 12.1 Å². The highest BCUT2D eigenvalue weighted by Crippen LogP contribution is 2.52. The average molecular weight is 639 g/mol. The number of hydrogen-bond acceptors (Lipinski definition) is 7. The van der Waals surface area contributed by atoms with E-state index in [0.29, 0.717) is 36.0 Å². The minimum absolute atomic E-state index is 0.00270. The topological polar surface area (TPSA) is 72.5 Å². The molecule has 2 saturated heterocycles. The first kappa shape index (κ1) is 34.7. The summed E-state index contributed by atoms with van der Waals surface area (Å²) in [4.78, 5) is 12.8. The lowest BCUT2D eigenvalue weighted by Crippen LogP contribution is -2.67. The summed E-state index contributed by atoms with van der Waals surface area (Å²) in [6.45, 7) is 9.35. The molecule has 2 aliphatic heterocycles. The minimum atomic E-state index is -1.53. The zero-order chi connectivity index (χ0) is 31.7. The molecule has 0 unspecified atom stereocenters. The fourth-order valence-electron chi connectivity index (χ4n) is 5.72. The van der Waals surface area contributed by atoms with E-state index in [0.717, 1.165) is 44.8 Å². The van der Waals surface area contributed by atoms with Crippen LogP contribution in [0.15, 0.2) is 30.3 Å². The number of rotatable bonds is 18. The lowest BCUT2D eigenvalue weighted by Gasteiger charge is -2.49. The predicted molar refractivity (Wildman–Crippen MR) is 163 cm³/mol. The molecule has 7 nitrogen and oxygen atoms in total. The van der Waals surface area contributed by atoms with Gasteiger partial charge in [0.1, 0.15) is 18.3 Å². The van der Waals surface area contributed by atoms with E-state index in [1.54, 1.807) is 25.1 Å². The molecule has 2 aromatic rings. The summed E-state index contributed by atoms with van der Waals surface area (Å²) in [5.41, 5.74) is -0.263. The molecule has 2 bridgehead atoms. The molecule has 2 heterocycles. The third kappa shape index (κ3) is 7.13. The van der Waals surface area contributed by atoms with E-state index >= 15 is 4.39 Å². The van der Waals surface area contributed by atoms with Crippen LogP contribution in [0.4, 0.5) is 8.78 Å². The zero-order valence-electron chi connectivity index (χ0n) is 26.2. The van der Waals surface area contributed by atoms with Crippen LogP contribution in [0.1, 0.15) is 82.9 Å². The second kappa shape index (κ2) is 15.9. The normalized spacial score (nSPS) is 26.2. The Labute approximate surface area is 264 Å². The van der Waals surface area contributed by atoms with Crippen molar-refractivity contribution in [1.82, 2.24) is 0 Å². The first-order valence-corrected chi connectivity index (χ1v) is 16.2. The van der Waals surface area contributed by atoms with Crippen molar-refractivity contribution in [3.8, 4) is 5.75 Å². The van der Waals surface area contributed by atoms with Gasteiger partial charge in [-0.05, 0) is 55.5 Å². The van der Waals surface area contributed by atoms with E-state index in [9.17, 15) is 9.18 Å². The van der Waals surface area contributed by atoms with E-state index in [1.807, 2.05) is 0 Å². The maximum atomic E-state index is 15.1. The van der Waals surface area contributed by atoms with Gasteiger partial charge in [-0.3, -0.25) is 4.79 Å². The van der Waals surface area contributed by atoms with Crippen LogP contribution in [0.2, 0.25) is 5.02 Å². The summed E-state index contributed by atoms with van der Waals surface area (Å²) in [7, 11) is 0. The van der Waals surface area contributed by atoms with Crippen LogP contribution < -0.4 is 4.74 Å². The van der Waals surface area contributed by atoms with Crippen LogP contribution >= 0.6 is 11.6 Å². The lowest BCUT2D eigenvalue weighted by atomic mass is 9.83. The van der Waals surface area contributed by atoms with Crippen molar-refractivity contribution in [2.24, 2.45) is 0 Å². The van der Waals surface area contributed by atoms with Gasteiger partial charge < -0.3 is 28.4 Å². The molecule has 0 spiro atoms. The molecular weight excluding hydrogens is 594 g/mol. The van der Waals surface area contributed by atoms with Crippen molar-refractivity contribution in [1.29, 1.82) is 0 Å². The Bertz CT molecular complexity index is 1250. The molecule has 44 heavy (non-hydrogen) atoms. The van der Waals surface area contributed by atoms with Gasteiger partial charge in [0.15, 0.2) is 23.5 Å². The monoisotopic (exact) mass is 638 g/mol. The Morgan fingerprint density at radius 2 is 1.55 bits per heavy atom. The van der Waals surface area contributed by atoms with Gasteiger partial charge in [0, 0.05) is 36.8 Å². The summed E-state index contributed by atoms with van der Waals surface area (Å²) >= 11 is 6.60. The Hall–Kier alpha value is -2.14. The van der Waals surface area contributed by atoms with Gasteiger partial charge in [-0.1, -0.05) is 63.8 Å². The largest absolute Gasteiger partial charge is 0.491 e. The van der Waals surface area contributed by atoms with Gasteiger partial charge in [0.25, 0.3) is 0 Å². The molecule has 10 heteroatoms. The molecule has 244 valence electrons. The average Bonchev–Trinajstić information content (AvgIpc) is 3.39. The van der Waals surface area contributed by atoms with Crippen LogP contribution in [0.3, 0.4) is 0 Å². The molecule has 0 aromatic heterocycles. The number of benzene rings is 2.